The Hall–Kier alpha value is -1.51. The molecule has 1 aliphatic carbocycles. The van der Waals surface area contributed by atoms with Crippen LogP contribution in [0.3, 0.4) is 0 Å². The summed E-state index contributed by atoms with van der Waals surface area (Å²) in [6, 6.07) is 6.43. The summed E-state index contributed by atoms with van der Waals surface area (Å²) < 4.78 is 5.74. The molecule has 108 valence electrons. The normalized spacial score (nSPS) is 23.6. The number of hydrogen-bond donors (Lipinski definition) is 1. The highest BCUT2D eigenvalue weighted by Gasteiger charge is 2.40. The van der Waals surface area contributed by atoms with E-state index in [-0.39, 0.29) is 5.91 Å². The van der Waals surface area contributed by atoms with Gasteiger partial charge in [-0.1, -0.05) is 19.1 Å². The summed E-state index contributed by atoms with van der Waals surface area (Å²) in [6.07, 6.45) is 5.02. The molecule has 1 saturated carbocycles. The molecule has 0 unspecified atom stereocenters. The minimum Gasteiger partial charge on any atom is -0.493 e. The Bertz CT molecular complexity index is 498. The van der Waals surface area contributed by atoms with E-state index in [0.717, 1.165) is 38.2 Å². The average molecular weight is 273 g/mol. The van der Waals surface area contributed by atoms with Gasteiger partial charge in [0.2, 0.25) is 5.91 Å². The smallest absolute Gasteiger partial charge is 0.219 e. The first-order valence-corrected chi connectivity index (χ1v) is 7.81. The second kappa shape index (κ2) is 5.86. The third-order valence-corrected chi connectivity index (χ3v) is 4.36. The molecule has 1 aliphatic heterocycles. The highest BCUT2D eigenvalue weighted by atomic mass is 16.5. The minimum absolute atomic E-state index is 0.191. The number of nitrogens with one attached hydrogen (secondary N) is 1. The first-order chi connectivity index (χ1) is 9.79. The molecule has 2 atom stereocenters. The van der Waals surface area contributed by atoms with Crippen molar-refractivity contribution in [3.8, 4) is 5.75 Å². The number of ether oxygens (including phenoxy) is 1. The standard InChI is InChI=1S/C17H23NO2/c1-2-5-17(19)18-11-12-10-15(12)13-6-3-8-16-14(13)7-4-9-20-16/h3,6,8,12,15H,2,4-5,7,9-11H2,1H3,(H,18,19)/t12-,15+/m0/s1. The number of carbonyl (C=O) groups excluding carboxylic acids is 1. The fraction of sp³-hybridized carbons (Fsp3) is 0.588. The summed E-state index contributed by atoms with van der Waals surface area (Å²) >= 11 is 0. The van der Waals surface area contributed by atoms with Crippen LogP contribution in [0.2, 0.25) is 0 Å². The van der Waals surface area contributed by atoms with Gasteiger partial charge in [-0.2, -0.15) is 0 Å². The number of carbonyl (C=O) groups is 1. The molecular formula is C17H23NO2. The molecule has 3 rings (SSSR count). The second-order valence-electron chi connectivity index (χ2n) is 5.93. The Morgan fingerprint density at radius 3 is 3.20 bits per heavy atom. The first kappa shape index (κ1) is 13.5. The van der Waals surface area contributed by atoms with Gasteiger partial charge in [-0.25, -0.2) is 0 Å². The Morgan fingerprint density at radius 2 is 2.35 bits per heavy atom. The molecule has 0 spiro atoms. The molecule has 0 bridgehead atoms. The van der Waals surface area contributed by atoms with E-state index in [4.69, 9.17) is 4.74 Å². The van der Waals surface area contributed by atoms with Crippen LogP contribution in [0.4, 0.5) is 0 Å². The molecule has 1 aromatic carbocycles. The number of rotatable bonds is 5. The zero-order chi connectivity index (χ0) is 13.9. The van der Waals surface area contributed by atoms with Gasteiger partial charge in [0.15, 0.2) is 0 Å². The molecule has 3 nitrogen and oxygen atoms in total. The Balaban J connectivity index is 1.60. The number of amides is 1. The summed E-state index contributed by atoms with van der Waals surface area (Å²) in [5.41, 5.74) is 2.86. The lowest BCUT2D eigenvalue weighted by Crippen LogP contribution is -2.25. The summed E-state index contributed by atoms with van der Waals surface area (Å²) in [6.45, 7) is 3.71. The maximum atomic E-state index is 11.5. The van der Waals surface area contributed by atoms with Crippen LogP contribution in [0, 0.1) is 5.92 Å². The van der Waals surface area contributed by atoms with E-state index in [1.807, 2.05) is 6.92 Å². The van der Waals surface area contributed by atoms with Gasteiger partial charge in [0.25, 0.3) is 0 Å². The van der Waals surface area contributed by atoms with Crippen LogP contribution >= 0.6 is 0 Å². The molecular weight excluding hydrogens is 250 g/mol. The van der Waals surface area contributed by atoms with Crippen LogP contribution in [-0.4, -0.2) is 19.1 Å². The van der Waals surface area contributed by atoms with Crippen LogP contribution in [0.15, 0.2) is 18.2 Å². The zero-order valence-corrected chi connectivity index (χ0v) is 12.2. The van der Waals surface area contributed by atoms with Crippen molar-refractivity contribution >= 4 is 5.91 Å². The quantitative estimate of drug-likeness (QED) is 0.895. The van der Waals surface area contributed by atoms with E-state index >= 15 is 0 Å². The number of hydrogen-bond acceptors (Lipinski definition) is 2. The lowest BCUT2D eigenvalue weighted by molar-refractivity contribution is -0.121. The summed E-state index contributed by atoms with van der Waals surface area (Å²) in [5, 5.41) is 3.06. The predicted molar refractivity (Wildman–Crippen MR) is 79.0 cm³/mol. The van der Waals surface area contributed by atoms with Gasteiger partial charge in [-0.3, -0.25) is 4.79 Å². The van der Waals surface area contributed by atoms with E-state index in [0.29, 0.717) is 18.3 Å². The van der Waals surface area contributed by atoms with Gasteiger partial charge in [-0.15, -0.1) is 0 Å². The van der Waals surface area contributed by atoms with Crippen molar-refractivity contribution in [3.05, 3.63) is 29.3 Å². The Labute approximate surface area is 120 Å². The molecule has 1 amide bonds. The van der Waals surface area contributed by atoms with E-state index in [2.05, 4.69) is 23.5 Å². The Morgan fingerprint density at radius 1 is 1.45 bits per heavy atom. The minimum atomic E-state index is 0.191. The fourth-order valence-corrected chi connectivity index (χ4v) is 3.18. The summed E-state index contributed by atoms with van der Waals surface area (Å²) in [5.74, 6) is 2.50. The van der Waals surface area contributed by atoms with Crippen LogP contribution in [-0.2, 0) is 11.2 Å². The van der Waals surface area contributed by atoms with Gasteiger partial charge in [0.1, 0.15) is 5.75 Å². The maximum Gasteiger partial charge on any atom is 0.219 e. The largest absolute Gasteiger partial charge is 0.493 e. The molecule has 1 aromatic rings. The van der Waals surface area contributed by atoms with Crippen molar-refractivity contribution in [1.29, 1.82) is 0 Å². The van der Waals surface area contributed by atoms with Crippen molar-refractivity contribution < 1.29 is 9.53 Å². The lowest BCUT2D eigenvalue weighted by atomic mass is 9.96. The molecule has 2 aliphatic rings. The van der Waals surface area contributed by atoms with Crippen molar-refractivity contribution in [2.45, 2.75) is 44.9 Å². The van der Waals surface area contributed by atoms with Crippen LogP contribution in [0.5, 0.6) is 5.75 Å². The van der Waals surface area contributed by atoms with Crippen LogP contribution < -0.4 is 10.1 Å². The molecule has 1 fully saturated rings. The average Bonchev–Trinajstić information content (AvgIpc) is 3.24. The van der Waals surface area contributed by atoms with Crippen molar-refractivity contribution in [2.75, 3.05) is 13.2 Å². The van der Waals surface area contributed by atoms with Gasteiger partial charge < -0.3 is 10.1 Å². The molecule has 0 radical (unpaired) electrons. The number of benzene rings is 1. The van der Waals surface area contributed by atoms with Gasteiger partial charge in [0.05, 0.1) is 6.61 Å². The van der Waals surface area contributed by atoms with Gasteiger partial charge in [-0.05, 0) is 54.7 Å². The van der Waals surface area contributed by atoms with Crippen LogP contribution in [0.25, 0.3) is 0 Å². The lowest BCUT2D eigenvalue weighted by Gasteiger charge is -2.20. The maximum absolute atomic E-state index is 11.5. The van der Waals surface area contributed by atoms with Crippen molar-refractivity contribution in [1.82, 2.24) is 5.32 Å². The Kier molecular flexibility index (Phi) is 3.95. The van der Waals surface area contributed by atoms with Crippen molar-refractivity contribution in [3.63, 3.8) is 0 Å². The van der Waals surface area contributed by atoms with Crippen LogP contribution in [0.1, 0.15) is 49.7 Å². The highest BCUT2D eigenvalue weighted by molar-refractivity contribution is 5.75. The fourth-order valence-electron chi connectivity index (χ4n) is 3.18. The van der Waals surface area contributed by atoms with E-state index in [9.17, 15) is 4.79 Å². The molecule has 1 heterocycles. The molecule has 20 heavy (non-hydrogen) atoms. The van der Waals surface area contributed by atoms with Gasteiger partial charge in [0, 0.05) is 13.0 Å². The molecule has 3 heteroatoms. The van der Waals surface area contributed by atoms with E-state index in [1.165, 1.54) is 17.5 Å². The topological polar surface area (TPSA) is 38.3 Å². The number of fused-ring (bicyclic) bond motifs is 1. The zero-order valence-electron chi connectivity index (χ0n) is 12.2. The highest BCUT2D eigenvalue weighted by Crippen LogP contribution is 2.50. The molecule has 1 N–H and O–H groups in total. The van der Waals surface area contributed by atoms with Crippen molar-refractivity contribution in [2.24, 2.45) is 5.92 Å². The molecule has 0 aromatic heterocycles. The summed E-state index contributed by atoms with van der Waals surface area (Å²) in [7, 11) is 0. The summed E-state index contributed by atoms with van der Waals surface area (Å²) in [4.78, 5) is 11.5. The van der Waals surface area contributed by atoms with Gasteiger partial charge >= 0.3 is 0 Å². The SMILES string of the molecule is CCCC(=O)NC[C@@H]1C[C@H]1c1cccc2c1CCCO2. The van der Waals surface area contributed by atoms with E-state index in [1.54, 1.807) is 0 Å². The van der Waals surface area contributed by atoms with E-state index < -0.39 is 0 Å². The third-order valence-electron chi connectivity index (χ3n) is 4.36. The molecule has 0 saturated heterocycles. The first-order valence-electron chi connectivity index (χ1n) is 7.81. The predicted octanol–water partition coefficient (Wildman–Crippen LogP) is 3.03. The monoisotopic (exact) mass is 273 g/mol. The third kappa shape index (κ3) is 2.82. The second-order valence-corrected chi connectivity index (χ2v) is 5.93.